The van der Waals surface area contributed by atoms with E-state index in [1.807, 2.05) is 19.2 Å². The number of rotatable bonds is 7. The molecule has 0 bridgehead atoms. The molecule has 0 aliphatic carbocycles. The number of carbonyl (C=O) groups excluding carboxylic acids is 2. The zero-order chi connectivity index (χ0) is 19.1. The molecule has 0 spiro atoms. The molecule has 0 aliphatic rings. The lowest BCUT2D eigenvalue weighted by atomic mass is 10.1. The number of quaternary nitrogens is 1. The predicted octanol–water partition coefficient (Wildman–Crippen LogP) is 0.859. The van der Waals surface area contributed by atoms with Crippen molar-refractivity contribution in [3.63, 3.8) is 0 Å². The maximum atomic E-state index is 13.2. The van der Waals surface area contributed by atoms with Gasteiger partial charge in [-0.1, -0.05) is 24.3 Å². The summed E-state index contributed by atoms with van der Waals surface area (Å²) in [5.41, 5.74) is 2.43. The van der Waals surface area contributed by atoms with Crippen LogP contribution in [0.3, 0.4) is 0 Å². The fourth-order valence-corrected chi connectivity index (χ4v) is 2.72. The van der Waals surface area contributed by atoms with Gasteiger partial charge in [-0.05, 0) is 29.8 Å². The molecule has 0 saturated carbocycles. The summed E-state index contributed by atoms with van der Waals surface area (Å²) in [6, 6.07) is 13.6. The zero-order valence-electron chi connectivity index (χ0n) is 15.4. The van der Waals surface area contributed by atoms with Crippen LogP contribution in [-0.4, -0.2) is 44.4 Å². The highest BCUT2D eigenvalue weighted by molar-refractivity contribution is 5.93. The van der Waals surface area contributed by atoms with Crippen LogP contribution >= 0.6 is 0 Å². The van der Waals surface area contributed by atoms with Crippen molar-refractivity contribution in [2.45, 2.75) is 13.1 Å². The topological polar surface area (TPSA) is 53.9 Å². The second-order valence-electron chi connectivity index (χ2n) is 6.47. The number of hydrogen-bond donors (Lipinski definition) is 2. The summed E-state index contributed by atoms with van der Waals surface area (Å²) in [6.07, 6.45) is 0. The van der Waals surface area contributed by atoms with Crippen molar-refractivity contribution in [3.05, 3.63) is 71.0 Å². The fraction of sp³-hybridized carbons (Fsp3) is 0.300. The Morgan fingerprint density at radius 1 is 1.12 bits per heavy atom. The molecule has 26 heavy (non-hydrogen) atoms. The summed E-state index contributed by atoms with van der Waals surface area (Å²) < 4.78 is 13.2. The molecule has 2 N–H and O–H groups in total. The molecule has 2 aromatic carbocycles. The first kappa shape index (κ1) is 19.6. The van der Waals surface area contributed by atoms with Crippen LogP contribution in [-0.2, 0) is 17.9 Å². The van der Waals surface area contributed by atoms with Crippen LogP contribution in [0.25, 0.3) is 0 Å². The van der Waals surface area contributed by atoms with Crippen LogP contribution in [0.15, 0.2) is 48.5 Å². The van der Waals surface area contributed by atoms with Crippen LogP contribution < -0.4 is 10.2 Å². The molecule has 1 unspecified atom stereocenters. The van der Waals surface area contributed by atoms with Crippen LogP contribution in [0.2, 0.25) is 0 Å². The molecule has 138 valence electrons. The molecule has 6 heteroatoms. The molecule has 0 radical (unpaired) electrons. The van der Waals surface area contributed by atoms with Crippen molar-refractivity contribution in [3.8, 4) is 0 Å². The van der Waals surface area contributed by atoms with Gasteiger partial charge in [0.25, 0.3) is 11.8 Å². The lowest BCUT2D eigenvalue weighted by Gasteiger charge is -2.20. The maximum absolute atomic E-state index is 13.2. The Morgan fingerprint density at radius 2 is 1.81 bits per heavy atom. The molecule has 0 aliphatic heterocycles. The molecule has 2 amide bonds. The minimum Gasteiger partial charge on any atom is -0.355 e. The molecular weight excluding hydrogens is 333 g/mol. The van der Waals surface area contributed by atoms with Crippen molar-refractivity contribution in [2.24, 2.45) is 0 Å². The predicted molar refractivity (Wildman–Crippen MR) is 98.2 cm³/mol. The number of hydrogen-bond acceptors (Lipinski definition) is 2. The molecule has 0 saturated heterocycles. The van der Waals surface area contributed by atoms with Gasteiger partial charge in [0, 0.05) is 31.8 Å². The van der Waals surface area contributed by atoms with Crippen molar-refractivity contribution in [1.82, 2.24) is 10.2 Å². The van der Waals surface area contributed by atoms with Crippen LogP contribution in [0, 0.1) is 5.82 Å². The second-order valence-corrected chi connectivity index (χ2v) is 6.47. The van der Waals surface area contributed by atoms with Crippen molar-refractivity contribution in [1.29, 1.82) is 0 Å². The average molecular weight is 358 g/mol. The summed E-state index contributed by atoms with van der Waals surface area (Å²) in [4.78, 5) is 26.6. The van der Waals surface area contributed by atoms with Gasteiger partial charge in [0.05, 0.1) is 7.05 Å². The van der Waals surface area contributed by atoms with E-state index in [0.29, 0.717) is 25.2 Å². The SMILES string of the molecule is CNC(=O)c1ccc(C[NH+](C)CC(=O)N(C)Cc2cccc(F)c2)cc1. The lowest BCUT2D eigenvalue weighted by molar-refractivity contribution is -0.885. The normalized spacial score (nSPS) is 11.7. The van der Waals surface area contributed by atoms with E-state index in [-0.39, 0.29) is 17.6 Å². The van der Waals surface area contributed by atoms with Gasteiger partial charge in [0.2, 0.25) is 0 Å². The van der Waals surface area contributed by atoms with E-state index in [4.69, 9.17) is 0 Å². The Balaban J connectivity index is 1.87. The number of nitrogens with zero attached hydrogens (tertiary/aromatic N) is 1. The Hall–Kier alpha value is -2.73. The van der Waals surface area contributed by atoms with Crippen molar-refractivity contribution in [2.75, 3.05) is 27.7 Å². The molecule has 0 heterocycles. The van der Waals surface area contributed by atoms with Gasteiger partial charge in [-0.25, -0.2) is 4.39 Å². The minimum absolute atomic E-state index is 0.00579. The fourth-order valence-electron chi connectivity index (χ4n) is 2.72. The third kappa shape index (κ3) is 5.67. The molecule has 0 aromatic heterocycles. The Kier molecular flexibility index (Phi) is 6.86. The van der Waals surface area contributed by atoms with E-state index in [0.717, 1.165) is 16.0 Å². The number of benzene rings is 2. The average Bonchev–Trinajstić information content (AvgIpc) is 2.61. The van der Waals surface area contributed by atoms with Gasteiger partial charge in [-0.3, -0.25) is 9.59 Å². The van der Waals surface area contributed by atoms with E-state index in [1.165, 1.54) is 12.1 Å². The standard InChI is InChI=1S/C20H24FN3O2/c1-22-20(26)17-9-7-15(8-10-17)12-23(2)14-19(25)24(3)13-16-5-4-6-18(21)11-16/h4-11H,12-14H2,1-3H3,(H,22,26)/p+1. The first-order chi connectivity index (χ1) is 12.4. The van der Waals surface area contributed by atoms with E-state index in [2.05, 4.69) is 5.32 Å². The number of carbonyl (C=O) groups is 2. The molecule has 0 fully saturated rings. The van der Waals surface area contributed by atoms with Gasteiger partial charge in [0.1, 0.15) is 12.4 Å². The summed E-state index contributed by atoms with van der Waals surface area (Å²) in [5, 5.41) is 2.59. The molecule has 1 atom stereocenters. The van der Waals surface area contributed by atoms with Crippen LogP contribution in [0.1, 0.15) is 21.5 Å². The van der Waals surface area contributed by atoms with Crippen LogP contribution in [0.5, 0.6) is 0 Å². The third-order valence-electron chi connectivity index (χ3n) is 4.14. The Bertz CT molecular complexity index is 762. The second kappa shape index (κ2) is 9.10. The quantitative estimate of drug-likeness (QED) is 0.771. The monoisotopic (exact) mass is 358 g/mol. The van der Waals surface area contributed by atoms with Gasteiger partial charge < -0.3 is 15.1 Å². The molecule has 5 nitrogen and oxygen atoms in total. The molecule has 2 aromatic rings. The number of nitrogens with one attached hydrogen (secondary N) is 2. The van der Waals surface area contributed by atoms with Gasteiger partial charge in [-0.15, -0.1) is 0 Å². The maximum Gasteiger partial charge on any atom is 0.277 e. The van der Waals surface area contributed by atoms with Crippen LogP contribution in [0.4, 0.5) is 4.39 Å². The summed E-state index contributed by atoms with van der Waals surface area (Å²) in [6.45, 7) is 1.39. The highest BCUT2D eigenvalue weighted by atomic mass is 19.1. The largest absolute Gasteiger partial charge is 0.355 e. The highest BCUT2D eigenvalue weighted by Crippen LogP contribution is 2.06. The highest BCUT2D eigenvalue weighted by Gasteiger charge is 2.15. The summed E-state index contributed by atoms with van der Waals surface area (Å²) in [5.74, 6) is -0.425. The van der Waals surface area contributed by atoms with E-state index in [1.54, 1.807) is 43.3 Å². The first-order valence-electron chi connectivity index (χ1n) is 8.49. The van der Waals surface area contributed by atoms with E-state index >= 15 is 0 Å². The molecular formula is C20H25FN3O2+. The minimum atomic E-state index is -0.300. The van der Waals surface area contributed by atoms with Crippen molar-refractivity contribution >= 4 is 11.8 Å². The van der Waals surface area contributed by atoms with Gasteiger partial charge in [-0.2, -0.15) is 0 Å². The lowest BCUT2D eigenvalue weighted by Crippen LogP contribution is -3.08. The van der Waals surface area contributed by atoms with E-state index < -0.39 is 0 Å². The van der Waals surface area contributed by atoms with Crippen molar-refractivity contribution < 1.29 is 18.9 Å². The smallest absolute Gasteiger partial charge is 0.277 e. The first-order valence-corrected chi connectivity index (χ1v) is 8.49. The summed E-state index contributed by atoms with van der Waals surface area (Å²) in [7, 11) is 5.26. The van der Waals surface area contributed by atoms with Gasteiger partial charge in [0.15, 0.2) is 6.54 Å². The number of amides is 2. The zero-order valence-corrected chi connectivity index (χ0v) is 15.4. The van der Waals surface area contributed by atoms with E-state index in [9.17, 15) is 14.0 Å². The Morgan fingerprint density at radius 3 is 2.42 bits per heavy atom. The molecule has 2 rings (SSSR count). The summed E-state index contributed by atoms with van der Waals surface area (Å²) >= 11 is 0. The Labute approximate surface area is 153 Å². The van der Waals surface area contributed by atoms with Gasteiger partial charge >= 0.3 is 0 Å². The number of halogens is 1. The third-order valence-corrected chi connectivity index (χ3v) is 4.14. The number of likely N-dealkylation sites (N-methyl/N-ethyl adjacent to an activating group) is 2.